The minimum Gasteiger partial charge on any atom is -0.444 e. The van der Waals surface area contributed by atoms with Gasteiger partial charge < -0.3 is 14.4 Å². The van der Waals surface area contributed by atoms with E-state index >= 15 is 0 Å². The second kappa shape index (κ2) is 5.53. The van der Waals surface area contributed by atoms with Crippen LogP contribution in [0.1, 0.15) is 27.2 Å². The van der Waals surface area contributed by atoms with Crippen molar-refractivity contribution in [3.63, 3.8) is 0 Å². The molecule has 1 atom stereocenters. The van der Waals surface area contributed by atoms with Crippen molar-refractivity contribution in [1.82, 2.24) is 4.90 Å². The van der Waals surface area contributed by atoms with E-state index in [4.69, 9.17) is 4.74 Å². The molecule has 0 fully saturated rings. The monoisotopic (exact) mass is 213 g/mol. The lowest BCUT2D eigenvalue weighted by atomic mass is 10.2. The van der Waals surface area contributed by atoms with Crippen LogP contribution < -0.4 is 0 Å². The molecule has 0 aliphatic rings. The van der Waals surface area contributed by atoms with E-state index in [9.17, 15) is 9.59 Å². The number of carbonyl (C=O) groups is 2. The van der Waals surface area contributed by atoms with E-state index in [1.54, 1.807) is 26.8 Å². The Hall–Kier alpha value is -1.32. The molecule has 0 N–H and O–H groups in total. The second-order valence-electron chi connectivity index (χ2n) is 4.32. The van der Waals surface area contributed by atoms with Crippen LogP contribution in [0, 0.1) is 0 Å². The molecule has 0 aromatic heterocycles. The lowest BCUT2D eigenvalue weighted by Gasteiger charge is -2.27. The van der Waals surface area contributed by atoms with Gasteiger partial charge in [0.2, 0.25) is 0 Å². The number of amides is 1. The zero-order chi connectivity index (χ0) is 12.1. The van der Waals surface area contributed by atoms with Gasteiger partial charge in [-0.3, -0.25) is 0 Å². The normalized spacial score (nSPS) is 12.8. The summed E-state index contributed by atoms with van der Waals surface area (Å²) < 4.78 is 5.12. The fourth-order valence-electron chi connectivity index (χ4n) is 0.945. The molecule has 0 heterocycles. The summed E-state index contributed by atoms with van der Waals surface area (Å²) in [4.78, 5) is 23.5. The van der Waals surface area contributed by atoms with Gasteiger partial charge in [-0.1, -0.05) is 6.08 Å². The number of hydrogen-bond acceptors (Lipinski definition) is 3. The van der Waals surface area contributed by atoms with E-state index < -0.39 is 17.7 Å². The standard InChI is InChI=1S/C11H19NO3/c1-6-7-9(8-13)12(5)10(14)15-11(2,3)4/h6,8-9H,1,7H2,2-5H3/t9-/m0/s1. The van der Waals surface area contributed by atoms with E-state index in [2.05, 4.69) is 6.58 Å². The second-order valence-corrected chi connectivity index (χ2v) is 4.32. The average Bonchev–Trinajstić information content (AvgIpc) is 2.10. The molecule has 0 saturated carbocycles. The largest absolute Gasteiger partial charge is 0.444 e. The summed E-state index contributed by atoms with van der Waals surface area (Å²) in [6.07, 6.45) is 2.24. The number of hydrogen-bond donors (Lipinski definition) is 0. The summed E-state index contributed by atoms with van der Waals surface area (Å²) in [7, 11) is 1.54. The molecule has 1 amide bonds. The summed E-state index contributed by atoms with van der Waals surface area (Å²) in [6, 6.07) is -0.502. The Kier molecular flexibility index (Phi) is 5.05. The van der Waals surface area contributed by atoms with Crippen LogP contribution in [0.15, 0.2) is 12.7 Å². The molecule has 15 heavy (non-hydrogen) atoms. The summed E-state index contributed by atoms with van der Waals surface area (Å²) in [6.45, 7) is 8.87. The van der Waals surface area contributed by atoms with E-state index in [-0.39, 0.29) is 0 Å². The zero-order valence-electron chi connectivity index (χ0n) is 9.82. The maximum atomic E-state index is 11.5. The SMILES string of the molecule is C=CC[C@@H](C=O)N(C)C(=O)OC(C)(C)C. The van der Waals surface area contributed by atoms with Gasteiger partial charge in [-0.05, 0) is 27.2 Å². The minimum atomic E-state index is -0.549. The lowest BCUT2D eigenvalue weighted by Crippen LogP contribution is -2.41. The molecule has 0 rings (SSSR count). The Morgan fingerprint density at radius 2 is 2.07 bits per heavy atom. The first-order chi connectivity index (χ1) is 6.81. The number of nitrogens with zero attached hydrogens (tertiary/aromatic N) is 1. The van der Waals surface area contributed by atoms with Crippen LogP contribution in [0.2, 0.25) is 0 Å². The van der Waals surface area contributed by atoms with Gasteiger partial charge in [0.1, 0.15) is 11.9 Å². The van der Waals surface area contributed by atoms with Crippen molar-refractivity contribution >= 4 is 12.4 Å². The Bertz CT molecular complexity index is 243. The lowest BCUT2D eigenvalue weighted by molar-refractivity contribution is -0.112. The zero-order valence-corrected chi connectivity index (χ0v) is 9.82. The minimum absolute atomic E-state index is 0.430. The molecule has 0 aromatic carbocycles. The highest BCUT2D eigenvalue weighted by Crippen LogP contribution is 2.11. The number of ether oxygens (including phenoxy) is 1. The predicted molar refractivity (Wildman–Crippen MR) is 58.7 cm³/mol. The van der Waals surface area contributed by atoms with Crippen LogP contribution in [-0.4, -0.2) is 36.0 Å². The quantitative estimate of drug-likeness (QED) is 0.530. The molecule has 0 aromatic rings. The molecule has 0 aliphatic carbocycles. The van der Waals surface area contributed by atoms with Crippen molar-refractivity contribution in [3.8, 4) is 0 Å². The molecule has 0 saturated heterocycles. The first-order valence-electron chi connectivity index (χ1n) is 4.84. The molecule has 0 unspecified atom stereocenters. The number of rotatable bonds is 4. The third-order valence-corrected chi connectivity index (χ3v) is 1.74. The van der Waals surface area contributed by atoms with Crippen LogP contribution in [0.25, 0.3) is 0 Å². The van der Waals surface area contributed by atoms with Crippen molar-refractivity contribution in [2.24, 2.45) is 0 Å². The molecule has 4 nitrogen and oxygen atoms in total. The van der Waals surface area contributed by atoms with Crippen LogP contribution >= 0.6 is 0 Å². The first-order valence-corrected chi connectivity index (χ1v) is 4.84. The third kappa shape index (κ3) is 5.20. The first kappa shape index (κ1) is 13.7. The predicted octanol–water partition coefficient (Wildman–Crippen LogP) is 2.00. The summed E-state index contributed by atoms with van der Waals surface area (Å²) in [5.41, 5.74) is -0.549. The molecular weight excluding hydrogens is 194 g/mol. The number of carbonyl (C=O) groups excluding carboxylic acids is 2. The molecule has 0 aliphatic heterocycles. The van der Waals surface area contributed by atoms with Crippen molar-refractivity contribution in [2.45, 2.75) is 38.8 Å². The highest BCUT2D eigenvalue weighted by molar-refractivity contribution is 5.73. The molecule has 86 valence electrons. The van der Waals surface area contributed by atoms with E-state index in [1.807, 2.05) is 0 Å². The molecular formula is C11H19NO3. The molecule has 4 heteroatoms. The van der Waals surface area contributed by atoms with Crippen LogP contribution in [-0.2, 0) is 9.53 Å². The van der Waals surface area contributed by atoms with Crippen LogP contribution in [0.3, 0.4) is 0 Å². The average molecular weight is 213 g/mol. The highest BCUT2D eigenvalue weighted by Gasteiger charge is 2.24. The van der Waals surface area contributed by atoms with Crippen LogP contribution in [0.5, 0.6) is 0 Å². The van der Waals surface area contributed by atoms with Crippen LogP contribution in [0.4, 0.5) is 4.79 Å². The summed E-state index contributed by atoms with van der Waals surface area (Å²) in [5.74, 6) is 0. The Balaban J connectivity index is 4.41. The van der Waals surface area contributed by atoms with Crippen molar-refractivity contribution < 1.29 is 14.3 Å². The number of likely N-dealkylation sites (N-methyl/N-ethyl adjacent to an activating group) is 1. The topological polar surface area (TPSA) is 46.6 Å². The maximum absolute atomic E-state index is 11.5. The summed E-state index contributed by atoms with van der Waals surface area (Å²) >= 11 is 0. The van der Waals surface area contributed by atoms with Gasteiger partial charge in [0.05, 0.1) is 6.04 Å². The van der Waals surface area contributed by atoms with Gasteiger partial charge in [0, 0.05) is 7.05 Å². The van der Waals surface area contributed by atoms with Gasteiger partial charge >= 0.3 is 6.09 Å². The van der Waals surface area contributed by atoms with E-state index in [0.717, 1.165) is 0 Å². The fraction of sp³-hybridized carbons (Fsp3) is 0.636. The Morgan fingerprint density at radius 3 is 2.40 bits per heavy atom. The van der Waals surface area contributed by atoms with Gasteiger partial charge in [0.25, 0.3) is 0 Å². The smallest absolute Gasteiger partial charge is 0.410 e. The van der Waals surface area contributed by atoms with Gasteiger partial charge in [-0.2, -0.15) is 0 Å². The van der Waals surface area contributed by atoms with E-state index in [1.165, 1.54) is 11.9 Å². The van der Waals surface area contributed by atoms with Gasteiger partial charge in [-0.15, -0.1) is 6.58 Å². The number of aldehydes is 1. The Morgan fingerprint density at radius 1 is 1.53 bits per heavy atom. The van der Waals surface area contributed by atoms with Gasteiger partial charge in [-0.25, -0.2) is 4.79 Å². The summed E-state index contributed by atoms with van der Waals surface area (Å²) in [5, 5.41) is 0. The molecule has 0 radical (unpaired) electrons. The maximum Gasteiger partial charge on any atom is 0.410 e. The van der Waals surface area contributed by atoms with Crippen molar-refractivity contribution in [3.05, 3.63) is 12.7 Å². The molecule has 0 spiro atoms. The van der Waals surface area contributed by atoms with Gasteiger partial charge in [0.15, 0.2) is 0 Å². The Labute approximate surface area is 90.9 Å². The highest BCUT2D eigenvalue weighted by atomic mass is 16.6. The van der Waals surface area contributed by atoms with Crippen molar-refractivity contribution in [2.75, 3.05) is 7.05 Å². The van der Waals surface area contributed by atoms with E-state index in [0.29, 0.717) is 12.7 Å². The third-order valence-electron chi connectivity index (χ3n) is 1.74. The van der Waals surface area contributed by atoms with Crippen molar-refractivity contribution in [1.29, 1.82) is 0 Å². The molecule has 0 bridgehead atoms. The fourth-order valence-corrected chi connectivity index (χ4v) is 0.945.